The number of amides is 1. The van der Waals surface area contributed by atoms with Crippen LogP contribution >= 0.6 is 0 Å². The first-order valence-corrected chi connectivity index (χ1v) is 8.75. The maximum atomic E-state index is 12.6. The Kier molecular flexibility index (Phi) is 3.93. The quantitative estimate of drug-likeness (QED) is 0.763. The summed E-state index contributed by atoms with van der Waals surface area (Å²) in [4.78, 5) is 14.3. The molecule has 3 unspecified atom stereocenters. The molecule has 1 saturated carbocycles. The zero-order valence-electron chi connectivity index (χ0n) is 11.8. The molecule has 5 nitrogen and oxygen atoms in total. The van der Waals surface area contributed by atoms with Gasteiger partial charge in [-0.05, 0) is 26.7 Å². The fraction of sp³-hybridized carbons (Fsp3) is 0.923. The van der Waals surface area contributed by atoms with Gasteiger partial charge in [0.1, 0.15) is 0 Å². The van der Waals surface area contributed by atoms with Crippen molar-refractivity contribution in [3.63, 3.8) is 0 Å². The molecule has 1 heterocycles. The summed E-state index contributed by atoms with van der Waals surface area (Å²) < 4.78 is 23.4. The third-order valence-electron chi connectivity index (χ3n) is 4.60. The van der Waals surface area contributed by atoms with Gasteiger partial charge < -0.3 is 10.6 Å². The van der Waals surface area contributed by atoms with Crippen molar-refractivity contribution in [2.45, 2.75) is 50.3 Å². The Morgan fingerprint density at radius 2 is 2.05 bits per heavy atom. The molecule has 1 aliphatic heterocycles. The van der Waals surface area contributed by atoms with E-state index in [9.17, 15) is 13.2 Å². The largest absolute Gasteiger partial charge is 0.340 e. The molecule has 0 bridgehead atoms. The van der Waals surface area contributed by atoms with Crippen LogP contribution in [0.25, 0.3) is 0 Å². The molecule has 2 fully saturated rings. The van der Waals surface area contributed by atoms with E-state index in [1.165, 1.54) is 0 Å². The minimum Gasteiger partial charge on any atom is -0.340 e. The fourth-order valence-electron chi connectivity index (χ4n) is 3.14. The van der Waals surface area contributed by atoms with E-state index in [-0.39, 0.29) is 17.6 Å². The van der Waals surface area contributed by atoms with E-state index in [0.29, 0.717) is 13.1 Å². The summed E-state index contributed by atoms with van der Waals surface area (Å²) in [5, 5.41) is -0.460. The molecule has 6 heteroatoms. The van der Waals surface area contributed by atoms with Crippen LogP contribution in [0.4, 0.5) is 0 Å². The van der Waals surface area contributed by atoms with Gasteiger partial charge >= 0.3 is 0 Å². The highest BCUT2D eigenvalue weighted by atomic mass is 32.2. The molecule has 110 valence electrons. The van der Waals surface area contributed by atoms with E-state index >= 15 is 0 Å². The minimum absolute atomic E-state index is 0.0476. The smallest absolute Gasteiger partial charge is 0.227 e. The number of nitrogens with zero attached hydrogens (tertiary/aromatic N) is 1. The van der Waals surface area contributed by atoms with E-state index in [4.69, 9.17) is 5.73 Å². The molecule has 0 spiro atoms. The van der Waals surface area contributed by atoms with Crippen LogP contribution in [0, 0.1) is 5.92 Å². The molecule has 1 amide bonds. The zero-order chi connectivity index (χ0) is 14.3. The molecule has 2 rings (SSSR count). The highest BCUT2D eigenvalue weighted by molar-refractivity contribution is 7.92. The highest BCUT2D eigenvalue weighted by Gasteiger charge is 2.42. The first-order valence-electron chi connectivity index (χ1n) is 7.03. The first kappa shape index (κ1) is 14.8. The Balaban J connectivity index is 2.08. The maximum Gasteiger partial charge on any atom is 0.227 e. The van der Waals surface area contributed by atoms with Crippen molar-refractivity contribution in [3.05, 3.63) is 0 Å². The third-order valence-corrected chi connectivity index (χ3v) is 6.73. The summed E-state index contributed by atoms with van der Waals surface area (Å²) in [7, 11) is -3.01. The maximum absolute atomic E-state index is 12.6. The molecule has 0 aromatic rings. The Hall–Kier alpha value is -0.620. The van der Waals surface area contributed by atoms with Crippen molar-refractivity contribution in [2.24, 2.45) is 11.7 Å². The highest BCUT2D eigenvalue weighted by Crippen LogP contribution is 2.33. The molecule has 0 aromatic heterocycles. The lowest BCUT2D eigenvalue weighted by Crippen LogP contribution is -2.57. The van der Waals surface area contributed by atoms with Gasteiger partial charge in [0.05, 0.1) is 16.9 Å². The van der Waals surface area contributed by atoms with Crippen LogP contribution in [0.1, 0.15) is 39.5 Å². The molecule has 19 heavy (non-hydrogen) atoms. The average molecular weight is 288 g/mol. The Morgan fingerprint density at radius 3 is 2.63 bits per heavy atom. The van der Waals surface area contributed by atoms with Gasteiger partial charge in [-0.15, -0.1) is 0 Å². The molecule has 1 aliphatic carbocycles. The van der Waals surface area contributed by atoms with Crippen LogP contribution in [0.5, 0.6) is 0 Å². The predicted molar refractivity (Wildman–Crippen MR) is 74.4 cm³/mol. The summed E-state index contributed by atoms with van der Waals surface area (Å²) in [6, 6.07) is 0. The fourth-order valence-corrected chi connectivity index (χ4v) is 4.42. The zero-order valence-corrected chi connectivity index (χ0v) is 12.6. The summed E-state index contributed by atoms with van der Waals surface area (Å²) in [5.41, 5.74) is 5.80. The third kappa shape index (κ3) is 2.94. The summed E-state index contributed by atoms with van der Waals surface area (Å²) in [6.45, 7) is 4.25. The van der Waals surface area contributed by atoms with Crippen molar-refractivity contribution < 1.29 is 13.2 Å². The van der Waals surface area contributed by atoms with Gasteiger partial charge in [-0.3, -0.25) is 4.79 Å². The van der Waals surface area contributed by atoms with Crippen molar-refractivity contribution >= 4 is 15.7 Å². The predicted octanol–water partition coefficient (Wildman–Crippen LogP) is 0.540. The normalized spacial score (nSPS) is 39.0. The van der Waals surface area contributed by atoms with Crippen molar-refractivity contribution in [1.82, 2.24) is 4.90 Å². The van der Waals surface area contributed by atoms with Gasteiger partial charge in [-0.25, -0.2) is 8.42 Å². The van der Waals surface area contributed by atoms with Crippen molar-refractivity contribution in [2.75, 3.05) is 18.8 Å². The number of nitrogens with two attached hydrogens (primary N) is 1. The van der Waals surface area contributed by atoms with Crippen LogP contribution in [0.2, 0.25) is 0 Å². The number of carbonyl (C=O) groups is 1. The topological polar surface area (TPSA) is 80.5 Å². The summed E-state index contributed by atoms with van der Waals surface area (Å²) in [6.07, 6.45) is 3.79. The summed E-state index contributed by atoms with van der Waals surface area (Å²) in [5.74, 6) is -0.0332. The van der Waals surface area contributed by atoms with Gasteiger partial charge in [0.15, 0.2) is 9.84 Å². The average Bonchev–Trinajstić information content (AvgIpc) is 2.31. The number of rotatable bonds is 1. The van der Waals surface area contributed by atoms with Gasteiger partial charge in [-0.1, -0.05) is 12.8 Å². The van der Waals surface area contributed by atoms with Crippen LogP contribution in [-0.2, 0) is 14.6 Å². The lowest BCUT2D eigenvalue weighted by molar-refractivity contribution is -0.138. The second-order valence-corrected chi connectivity index (χ2v) is 8.80. The molecule has 1 saturated heterocycles. The number of hydrogen-bond donors (Lipinski definition) is 1. The van der Waals surface area contributed by atoms with Gasteiger partial charge in [0.25, 0.3) is 0 Å². The van der Waals surface area contributed by atoms with Gasteiger partial charge in [0, 0.05) is 18.6 Å². The molecular weight excluding hydrogens is 264 g/mol. The van der Waals surface area contributed by atoms with E-state index < -0.39 is 20.6 Å². The van der Waals surface area contributed by atoms with Gasteiger partial charge in [-0.2, -0.15) is 0 Å². The molecular formula is C13H24N2O3S. The van der Waals surface area contributed by atoms with E-state index in [0.717, 1.165) is 25.7 Å². The lowest BCUT2D eigenvalue weighted by Gasteiger charge is -2.41. The van der Waals surface area contributed by atoms with Crippen LogP contribution in [0.15, 0.2) is 0 Å². The number of sulfone groups is 1. The molecule has 3 atom stereocenters. The van der Waals surface area contributed by atoms with Crippen LogP contribution in [-0.4, -0.2) is 48.9 Å². The molecule has 2 aliphatic rings. The molecule has 0 radical (unpaired) electrons. The van der Waals surface area contributed by atoms with Crippen molar-refractivity contribution in [3.8, 4) is 0 Å². The SMILES string of the molecule is CC1CN(C(=O)C2CCCCC2(C)N)CCS1(=O)=O. The second kappa shape index (κ2) is 5.05. The molecule has 0 aromatic carbocycles. The summed E-state index contributed by atoms with van der Waals surface area (Å²) >= 11 is 0. The van der Waals surface area contributed by atoms with Gasteiger partial charge in [0.2, 0.25) is 5.91 Å². The number of carbonyl (C=O) groups excluding carboxylic acids is 1. The van der Waals surface area contributed by atoms with Crippen LogP contribution < -0.4 is 5.73 Å². The second-order valence-electron chi connectivity index (χ2n) is 6.27. The van der Waals surface area contributed by atoms with Crippen molar-refractivity contribution in [1.29, 1.82) is 0 Å². The van der Waals surface area contributed by atoms with E-state index in [2.05, 4.69) is 0 Å². The number of hydrogen-bond acceptors (Lipinski definition) is 4. The Morgan fingerprint density at radius 1 is 1.37 bits per heavy atom. The Labute approximate surface area is 115 Å². The van der Waals surface area contributed by atoms with E-state index in [1.54, 1.807) is 11.8 Å². The monoisotopic (exact) mass is 288 g/mol. The minimum atomic E-state index is -3.01. The first-order chi connectivity index (χ1) is 8.74. The Bertz CT molecular complexity index is 459. The molecule has 2 N–H and O–H groups in total. The van der Waals surface area contributed by atoms with Crippen LogP contribution in [0.3, 0.4) is 0 Å². The standard InChI is InChI=1S/C13H24N2O3S/c1-10-9-15(7-8-19(10,17)18)12(16)11-5-3-4-6-13(11,2)14/h10-11H,3-9,14H2,1-2H3. The lowest BCUT2D eigenvalue weighted by atomic mass is 9.74. The van der Waals surface area contributed by atoms with E-state index in [1.807, 2.05) is 6.92 Å².